The van der Waals surface area contributed by atoms with Crippen LogP contribution < -0.4 is 0 Å². The summed E-state index contributed by atoms with van der Waals surface area (Å²) in [4.78, 5) is 28.8. The average Bonchev–Trinajstić information content (AvgIpc) is 3.10. The van der Waals surface area contributed by atoms with Crippen LogP contribution >= 0.6 is 0 Å². The third-order valence-electron chi connectivity index (χ3n) is 5.39. The van der Waals surface area contributed by atoms with Crippen LogP contribution in [0.4, 0.5) is 0 Å². The molecule has 1 aromatic carbocycles. The molecular weight excluding hydrogens is 342 g/mol. The van der Waals surface area contributed by atoms with E-state index in [-0.39, 0.29) is 42.4 Å². The lowest BCUT2D eigenvalue weighted by molar-refractivity contribution is -0.161. The number of hydrogen-bond acceptors (Lipinski definition) is 4. The molecule has 3 fully saturated rings. The summed E-state index contributed by atoms with van der Waals surface area (Å²) in [5, 5.41) is 0. The third-order valence-corrected chi connectivity index (χ3v) is 7.27. The maximum absolute atomic E-state index is 12.9. The largest absolute Gasteiger partial charge is 0.329 e. The van der Waals surface area contributed by atoms with Crippen molar-refractivity contribution < 1.29 is 18.0 Å². The number of fused-ring (bicyclic) bond motifs is 2. The Kier molecular flexibility index (Phi) is 3.84. The molecule has 0 N–H and O–H groups in total. The molecule has 0 bridgehead atoms. The number of benzene rings is 1. The van der Waals surface area contributed by atoms with Crippen LogP contribution in [0.2, 0.25) is 0 Å². The number of hydrogen-bond donors (Lipinski definition) is 0. The van der Waals surface area contributed by atoms with Crippen LogP contribution in [-0.4, -0.2) is 72.6 Å². The van der Waals surface area contributed by atoms with E-state index in [0.29, 0.717) is 13.0 Å². The second-order valence-electron chi connectivity index (χ2n) is 6.91. The number of carbonyl (C=O) groups is 2. The van der Waals surface area contributed by atoms with Crippen LogP contribution in [0.3, 0.4) is 0 Å². The molecule has 2 amide bonds. The maximum atomic E-state index is 12.9. The molecule has 4 rings (SSSR count). The zero-order valence-electron chi connectivity index (χ0n) is 14.1. The van der Waals surface area contributed by atoms with Gasteiger partial charge in [-0.25, -0.2) is 8.42 Å². The Bertz CT molecular complexity index is 821. The van der Waals surface area contributed by atoms with Crippen LogP contribution in [0.15, 0.2) is 29.2 Å². The molecule has 134 valence electrons. The summed E-state index contributed by atoms with van der Waals surface area (Å²) in [6.07, 6.45) is 1.53. The normalized spacial score (nSPS) is 27.4. The fourth-order valence-electron chi connectivity index (χ4n) is 3.98. The Hall–Kier alpha value is -1.93. The Labute approximate surface area is 147 Å². The van der Waals surface area contributed by atoms with Crippen molar-refractivity contribution in [3.8, 4) is 0 Å². The highest BCUT2D eigenvalue weighted by Crippen LogP contribution is 2.30. The Morgan fingerprint density at radius 3 is 2.28 bits per heavy atom. The predicted molar refractivity (Wildman–Crippen MR) is 90.2 cm³/mol. The van der Waals surface area contributed by atoms with E-state index in [9.17, 15) is 18.0 Å². The SMILES string of the molecule is Cc1ccc(S(=O)(=O)N2CCN3C(=O)[C@@H]4CCCN4C(=O)[C@H]3C2)cc1. The quantitative estimate of drug-likeness (QED) is 0.752. The number of aryl methyl sites for hydroxylation is 1. The molecular formula is C17H21N3O4S. The smallest absolute Gasteiger partial charge is 0.247 e. The number of sulfonamides is 1. The van der Waals surface area contributed by atoms with Gasteiger partial charge in [-0.2, -0.15) is 4.31 Å². The van der Waals surface area contributed by atoms with Crippen molar-refractivity contribution in [3.05, 3.63) is 29.8 Å². The molecule has 0 radical (unpaired) electrons. The summed E-state index contributed by atoms with van der Waals surface area (Å²) in [6.45, 7) is 3.01. The van der Waals surface area contributed by atoms with Gasteiger partial charge in [0, 0.05) is 26.2 Å². The molecule has 0 aromatic heterocycles. The number of nitrogens with zero attached hydrogens (tertiary/aromatic N) is 3. The summed E-state index contributed by atoms with van der Waals surface area (Å²) in [7, 11) is -3.67. The molecule has 0 aliphatic carbocycles. The maximum Gasteiger partial charge on any atom is 0.247 e. The fourth-order valence-corrected chi connectivity index (χ4v) is 5.42. The van der Waals surface area contributed by atoms with Gasteiger partial charge in [-0.3, -0.25) is 9.59 Å². The van der Waals surface area contributed by atoms with E-state index in [1.165, 1.54) is 4.31 Å². The first kappa shape index (κ1) is 16.5. The molecule has 3 aliphatic heterocycles. The lowest BCUT2D eigenvalue weighted by atomic mass is 10.0. The van der Waals surface area contributed by atoms with Crippen LogP contribution in [-0.2, 0) is 19.6 Å². The standard InChI is InChI=1S/C17H21N3O4S/c1-12-4-6-13(7-5-12)25(23,24)18-9-10-20-15(11-18)17(22)19-8-2-3-14(19)16(20)21/h4-7,14-15H,2-3,8-11H2,1H3/t14-,15+/m0/s1. The van der Waals surface area contributed by atoms with E-state index in [0.717, 1.165) is 12.0 Å². The Balaban J connectivity index is 1.60. The van der Waals surface area contributed by atoms with Gasteiger partial charge in [-0.15, -0.1) is 0 Å². The van der Waals surface area contributed by atoms with Gasteiger partial charge in [-0.1, -0.05) is 17.7 Å². The molecule has 0 spiro atoms. The highest BCUT2D eigenvalue weighted by atomic mass is 32.2. The molecule has 25 heavy (non-hydrogen) atoms. The molecule has 8 heteroatoms. The first-order valence-corrected chi connectivity index (χ1v) is 10.0. The van der Waals surface area contributed by atoms with Crippen molar-refractivity contribution in [2.45, 2.75) is 36.7 Å². The monoisotopic (exact) mass is 363 g/mol. The van der Waals surface area contributed by atoms with Crippen LogP contribution in [0.1, 0.15) is 18.4 Å². The Morgan fingerprint density at radius 2 is 1.56 bits per heavy atom. The van der Waals surface area contributed by atoms with Gasteiger partial charge in [0.25, 0.3) is 0 Å². The van der Waals surface area contributed by atoms with Crippen molar-refractivity contribution in [1.82, 2.24) is 14.1 Å². The van der Waals surface area contributed by atoms with Crippen molar-refractivity contribution in [2.75, 3.05) is 26.2 Å². The lowest BCUT2D eigenvalue weighted by Crippen LogP contribution is -2.69. The lowest BCUT2D eigenvalue weighted by Gasteiger charge is -2.47. The van der Waals surface area contributed by atoms with Gasteiger partial charge in [0.2, 0.25) is 21.8 Å². The second kappa shape index (κ2) is 5.81. The number of carbonyl (C=O) groups excluding carboxylic acids is 2. The van der Waals surface area contributed by atoms with Crippen molar-refractivity contribution >= 4 is 21.8 Å². The first-order valence-electron chi connectivity index (χ1n) is 8.57. The summed E-state index contributed by atoms with van der Waals surface area (Å²) in [5.41, 5.74) is 0.983. The summed E-state index contributed by atoms with van der Waals surface area (Å²) in [6, 6.07) is 5.64. The van der Waals surface area contributed by atoms with Gasteiger partial charge in [0.1, 0.15) is 12.1 Å². The van der Waals surface area contributed by atoms with E-state index < -0.39 is 16.1 Å². The highest BCUT2D eigenvalue weighted by molar-refractivity contribution is 7.89. The van der Waals surface area contributed by atoms with Gasteiger partial charge in [-0.05, 0) is 31.9 Å². The average molecular weight is 363 g/mol. The van der Waals surface area contributed by atoms with Crippen LogP contribution in [0, 0.1) is 6.92 Å². The fraction of sp³-hybridized carbons (Fsp3) is 0.529. The van der Waals surface area contributed by atoms with E-state index in [1.54, 1.807) is 34.1 Å². The minimum Gasteiger partial charge on any atom is -0.329 e. The number of rotatable bonds is 2. The molecule has 0 unspecified atom stereocenters. The predicted octanol–water partition coefficient (Wildman–Crippen LogP) is 0.201. The molecule has 7 nitrogen and oxygen atoms in total. The minimum atomic E-state index is -3.67. The molecule has 3 heterocycles. The molecule has 2 atom stereocenters. The zero-order chi connectivity index (χ0) is 17.8. The van der Waals surface area contributed by atoms with Gasteiger partial charge in [0.15, 0.2) is 0 Å². The molecule has 0 saturated carbocycles. The molecule has 3 aliphatic rings. The second-order valence-corrected chi connectivity index (χ2v) is 8.85. The number of amides is 2. The van der Waals surface area contributed by atoms with E-state index >= 15 is 0 Å². The third kappa shape index (κ3) is 2.55. The summed E-state index contributed by atoms with van der Waals surface area (Å²) in [5.74, 6) is -0.152. The zero-order valence-corrected chi connectivity index (χ0v) is 14.9. The summed E-state index contributed by atoms with van der Waals surface area (Å²) < 4.78 is 27.1. The van der Waals surface area contributed by atoms with Crippen molar-refractivity contribution in [2.24, 2.45) is 0 Å². The van der Waals surface area contributed by atoms with Crippen molar-refractivity contribution in [1.29, 1.82) is 0 Å². The highest BCUT2D eigenvalue weighted by Gasteiger charge is 2.50. The van der Waals surface area contributed by atoms with Crippen molar-refractivity contribution in [3.63, 3.8) is 0 Å². The van der Waals surface area contributed by atoms with Crippen LogP contribution in [0.25, 0.3) is 0 Å². The van der Waals surface area contributed by atoms with E-state index in [2.05, 4.69) is 0 Å². The van der Waals surface area contributed by atoms with E-state index in [4.69, 9.17) is 0 Å². The molecule has 3 saturated heterocycles. The minimum absolute atomic E-state index is 0.0317. The topological polar surface area (TPSA) is 78.0 Å². The van der Waals surface area contributed by atoms with Gasteiger partial charge in [0.05, 0.1) is 4.90 Å². The molecule has 1 aromatic rings. The Morgan fingerprint density at radius 1 is 0.920 bits per heavy atom. The van der Waals surface area contributed by atoms with E-state index in [1.807, 2.05) is 6.92 Å². The van der Waals surface area contributed by atoms with Gasteiger partial charge < -0.3 is 9.80 Å². The van der Waals surface area contributed by atoms with Gasteiger partial charge >= 0.3 is 0 Å². The summed E-state index contributed by atoms with van der Waals surface area (Å²) >= 11 is 0. The number of piperazine rings is 2. The van der Waals surface area contributed by atoms with Crippen LogP contribution in [0.5, 0.6) is 0 Å². The first-order chi connectivity index (χ1) is 11.9.